The molecule has 3 saturated carbocycles. The molecule has 0 aromatic heterocycles. The molecular formula is C24H30ClFO5S. The third kappa shape index (κ3) is 2.96. The fraction of sp³-hybridized carbons (Fsp3) is 0.708. The van der Waals surface area contributed by atoms with Gasteiger partial charge in [-0.15, -0.1) is 11.6 Å². The van der Waals surface area contributed by atoms with Crippen LogP contribution in [0.3, 0.4) is 0 Å². The molecule has 0 amide bonds. The van der Waals surface area contributed by atoms with Gasteiger partial charge in [0, 0.05) is 23.2 Å². The van der Waals surface area contributed by atoms with Crippen LogP contribution >= 0.6 is 23.4 Å². The molecule has 0 radical (unpaired) electrons. The van der Waals surface area contributed by atoms with Crippen molar-refractivity contribution >= 4 is 40.2 Å². The highest BCUT2D eigenvalue weighted by Crippen LogP contribution is 2.70. The molecule has 0 aromatic carbocycles. The van der Waals surface area contributed by atoms with Crippen molar-refractivity contribution in [2.45, 2.75) is 76.7 Å². The second-order valence-electron chi connectivity index (χ2n) is 10.00. The zero-order valence-corrected chi connectivity index (χ0v) is 20.2. The zero-order valence-electron chi connectivity index (χ0n) is 18.7. The van der Waals surface area contributed by atoms with E-state index in [9.17, 15) is 19.5 Å². The summed E-state index contributed by atoms with van der Waals surface area (Å²) in [7, 11) is 0. The van der Waals surface area contributed by atoms with Crippen molar-refractivity contribution in [3.63, 3.8) is 0 Å². The normalized spacial score (nSPS) is 44.9. The maximum atomic E-state index is 17.1. The van der Waals surface area contributed by atoms with Crippen molar-refractivity contribution in [1.82, 2.24) is 0 Å². The van der Waals surface area contributed by atoms with Crippen LogP contribution in [0, 0.1) is 22.7 Å². The fourth-order valence-electron chi connectivity index (χ4n) is 7.18. The summed E-state index contributed by atoms with van der Waals surface area (Å²) in [5, 5.41) is 11.1. The summed E-state index contributed by atoms with van der Waals surface area (Å²) in [5.74, 6) is -1.45. The minimum absolute atomic E-state index is 0.0130. The Kier molecular flexibility index (Phi) is 5.95. The Morgan fingerprint density at radius 1 is 1.31 bits per heavy atom. The molecule has 2 unspecified atom stereocenters. The highest BCUT2D eigenvalue weighted by atomic mass is 35.5. The minimum atomic E-state index is -1.98. The lowest BCUT2D eigenvalue weighted by Crippen LogP contribution is -2.69. The van der Waals surface area contributed by atoms with Gasteiger partial charge in [-0.2, -0.15) is 0 Å². The lowest BCUT2D eigenvalue weighted by atomic mass is 9.45. The number of fused-ring (bicyclic) bond motifs is 5. The molecule has 4 aliphatic carbocycles. The Hall–Kier alpha value is -1.18. The van der Waals surface area contributed by atoms with E-state index in [1.165, 1.54) is 12.2 Å². The Labute approximate surface area is 197 Å². The molecule has 3 fully saturated rings. The van der Waals surface area contributed by atoms with Crippen LogP contribution in [0.5, 0.6) is 0 Å². The Balaban J connectivity index is 1.80. The highest BCUT2D eigenvalue weighted by molar-refractivity contribution is 8.14. The molecule has 0 aliphatic heterocycles. The van der Waals surface area contributed by atoms with Gasteiger partial charge >= 0.3 is 5.97 Å². The maximum absolute atomic E-state index is 17.1. The monoisotopic (exact) mass is 484 g/mol. The number of allylic oxidation sites excluding steroid dienone is 4. The molecule has 5 nitrogen and oxygen atoms in total. The van der Waals surface area contributed by atoms with Gasteiger partial charge in [0.2, 0.25) is 5.12 Å². The molecule has 0 spiro atoms. The largest absolute Gasteiger partial charge is 0.449 e. The molecule has 0 saturated heterocycles. The van der Waals surface area contributed by atoms with E-state index in [1.807, 2.05) is 6.92 Å². The number of aliphatic hydroxyl groups excluding tert-OH is 1. The summed E-state index contributed by atoms with van der Waals surface area (Å²) in [4.78, 5) is 37.7. The van der Waals surface area contributed by atoms with Crippen LogP contribution in [0.1, 0.15) is 59.3 Å². The molecule has 32 heavy (non-hydrogen) atoms. The number of rotatable bonds is 4. The van der Waals surface area contributed by atoms with Gasteiger partial charge in [0.15, 0.2) is 17.1 Å². The van der Waals surface area contributed by atoms with Crippen LogP contribution in [0.2, 0.25) is 0 Å². The second-order valence-corrected chi connectivity index (χ2v) is 11.5. The third-order valence-electron chi connectivity index (χ3n) is 8.85. The molecule has 7 atom stereocenters. The standard InChI is InChI=1S/C24H30ClFO5S/c1-4-19(29)31-23(20(30)32-13-25)10-8-16-17-6-5-14-11-15(27)7-9-21(14,2)24(17,26)18(28)12-22(16,23)3/h7,9,11,16-18,28H,4-6,8,10,12-13H2,1-3H3/t16?,17?,18-,21-,22-,23-,24-/m0/s1. The van der Waals surface area contributed by atoms with Gasteiger partial charge in [-0.05, 0) is 57.1 Å². The number of ketones is 1. The van der Waals surface area contributed by atoms with E-state index < -0.39 is 40.1 Å². The first kappa shape index (κ1) is 24.0. The van der Waals surface area contributed by atoms with Gasteiger partial charge < -0.3 is 9.84 Å². The second kappa shape index (κ2) is 7.95. The third-order valence-corrected chi connectivity index (χ3v) is 9.88. The predicted molar refractivity (Wildman–Crippen MR) is 121 cm³/mol. The maximum Gasteiger partial charge on any atom is 0.306 e. The molecule has 176 valence electrons. The minimum Gasteiger partial charge on any atom is -0.449 e. The summed E-state index contributed by atoms with van der Waals surface area (Å²) in [6.07, 6.45) is 5.03. The van der Waals surface area contributed by atoms with Crippen LogP contribution in [0.25, 0.3) is 0 Å². The van der Waals surface area contributed by atoms with Crippen LogP contribution < -0.4 is 0 Å². The number of esters is 1. The Bertz CT molecular complexity index is 920. The molecule has 0 heterocycles. The molecule has 4 rings (SSSR count). The van der Waals surface area contributed by atoms with Crippen molar-refractivity contribution in [3.8, 4) is 0 Å². The van der Waals surface area contributed by atoms with E-state index in [1.54, 1.807) is 19.9 Å². The lowest BCUT2D eigenvalue weighted by molar-refractivity contribution is -0.222. The molecule has 0 aromatic rings. The van der Waals surface area contributed by atoms with Gasteiger partial charge in [-0.3, -0.25) is 14.4 Å². The van der Waals surface area contributed by atoms with Crippen LogP contribution in [-0.4, -0.2) is 44.6 Å². The van der Waals surface area contributed by atoms with E-state index in [4.69, 9.17) is 16.3 Å². The lowest BCUT2D eigenvalue weighted by Gasteiger charge is -2.62. The van der Waals surface area contributed by atoms with Gasteiger partial charge in [-0.1, -0.05) is 37.3 Å². The van der Waals surface area contributed by atoms with E-state index >= 15 is 4.39 Å². The summed E-state index contributed by atoms with van der Waals surface area (Å²) in [5.41, 5.74) is -4.72. The quantitative estimate of drug-likeness (QED) is 0.467. The number of alkyl halides is 2. The first-order chi connectivity index (χ1) is 15.0. The zero-order chi connectivity index (χ0) is 23.5. The predicted octanol–water partition coefficient (Wildman–Crippen LogP) is 4.51. The highest BCUT2D eigenvalue weighted by Gasteiger charge is 2.75. The molecule has 4 aliphatic rings. The number of aliphatic hydroxyl groups is 1. The first-order valence-electron chi connectivity index (χ1n) is 11.3. The van der Waals surface area contributed by atoms with Crippen LogP contribution in [-0.2, 0) is 19.1 Å². The van der Waals surface area contributed by atoms with Crippen molar-refractivity contribution < 1.29 is 28.6 Å². The van der Waals surface area contributed by atoms with Gasteiger partial charge in [0.1, 0.15) is 0 Å². The van der Waals surface area contributed by atoms with Gasteiger partial charge in [0.25, 0.3) is 0 Å². The fourth-order valence-corrected chi connectivity index (χ4v) is 8.18. The molecular weight excluding hydrogens is 455 g/mol. The smallest absolute Gasteiger partial charge is 0.306 e. The number of carbonyl (C=O) groups is 3. The summed E-state index contributed by atoms with van der Waals surface area (Å²) in [6.45, 7) is 5.28. The number of hydrogen-bond acceptors (Lipinski definition) is 6. The number of hydrogen-bond donors (Lipinski definition) is 1. The summed E-state index contributed by atoms with van der Waals surface area (Å²) >= 11 is 6.74. The van der Waals surface area contributed by atoms with E-state index in [2.05, 4.69) is 0 Å². The average Bonchev–Trinajstić information content (AvgIpc) is 3.02. The Morgan fingerprint density at radius 2 is 2.03 bits per heavy atom. The number of halogens is 2. The number of ether oxygens (including phenoxy) is 1. The number of carbonyl (C=O) groups excluding carboxylic acids is 3. The van der Waals surface area contributed by atoms with Crippen LogP contribution in [0.15, 0.2) is 23.8 Å². The van der Waals surface area contributed by atoms with Gasteiger partial charge in [0.05, 0.1) is 11.3 Å². The summed E-state index contributed by atoms with van der Waals surface area (Å²) in [6, 6.07) is 0. The van der Waals surface area contributed by atoms with E-state index in [0.717, 1.165) is 11.8 Å². The first-order valence-corrected chi connectivity index (χ1v) is 12.8. The topological polar surface area (TPSA) is 80.7 Å². The van der Waals surface area contributed by atoms with E-state index in [0.29, 0.717) is 24.8 Å². The van der Waals surface area contributed by atoms with Crippen molar-refractivity contribution in [2.75, 3.05) is 5.21 Å². The molecule has 8 heteroatoms. The number of thioether (sulfide) groups is 1. The molecule has 0 bridgehead atoms. The summed E-state index contributed by atoms with van der Waals surface area (Å²) < 4.78 is 23.0. The van der Waals surface area contributed by atoms with Gasteiger partial charge in [-0.25, -0.2) is 4.39 Å². The van der Waals surface area contributed by atoms with Crippen molar-refractivity contribution in [2.24, 2.45) is 22.7 Å². The Morgan fingerprint density at radius 3 is 2.69 bits per heavy atom. The van der Waals surface area contributed by atoms with Crippen molar-refractivity contribution in [3.05, 3.63) is 23.8 Å². The van der Waals surface area contributed by atoms with Crippen molar-refractivity contribution in [1.29, 1.82) is 0 Å². The SMILES string of the molecule is CCC(=O)O[C@]1(C(=O)SCCl)CCC2C3CCC4=CC(=O)C=C[C@]4(C)[C@@]3(F)[C@@H](O)C[C@@]21C. The van der Waals surface area contributed by atoms with Crippen LogP contribution in [0.4, 0.5) is 4.39 Å². The molecule has 1 N–H and O–H groups in total. The van der Waals surface area contributed by atoms with E-state index in [-0.39, 0.29) is 41.3 Å². The average molecular weight is 485 g/mol.